The third-order valence-corrected chi connectivity index (χ3v) is 3.65. The number of carbonyl (C=O) groups is 1. The zero-order valence-corrected chi connectivity index (χ0v) is 9.06. The first-order chi connectivity index (χ1) is 6.59. The van der Waals surface area contributed by atoms with Gasteiger partial charge in [0.2, 0.25) is 5.91 Å². The number of halogens is 1. The Hall–Kier alpha value is -0.870. The third-order valence-electron chi connectivity index (χ3n) is 2.08. The first-order valence-corrected chi connectivity index (χ1v) is 5.75. The van der Waals surface area contributed by atoms with Gasteiger partial charge < -0.3 is 0 Å². The molecule has 3 nitrogen and oxygen atoms in total. The maximum absolute atomic E-state index is 11.6. The summed E-state index contributed by atoms with van der Waals surface area (Å²) < 4.78 is 11.6. The second-order valence-electron chi connectivity index (χ2n) is 3.03. The number of anilines is 1. The van der Waals surface area contributed by atoms with E-state index in [-0.39, 0.29) is 11.8 Å². The first-order valence-electron chi connectivity index (χ1n) is 4.05. The van der Waals surface area contributed by atoms with E-state index in [2.05, 4.69) is 0 Å². The number of hydrogen-bond acceptors (Lipinski definition) is 2. The van der Waals surface area contributed by atoms with Crippen molar-refractivity contribution < 1.29 is 9.00 Å². The van der Waals surface area contributed by atoms with E-state index in [1.807, 2.05) is 0 Å². The first kappa shape index (κ1) is 9.68. The molecule has 1 heterocycles. The number of fused-ring (bicyclic) bond motifs is 1. The van der Waals surface area contributed by atoms with Crippen molar-refractivity contribution in [2.45, 2.75) is 11.8 Å². The molecule has 0 aliphatic carbocycles. The lowest BCUT2D eigenvalue weighted by Crippen LogP contribution is -2.26. The van der Waals surface area contributed by atoms with Crippen LogP contribution in [0.4, 0.5) is 5.69 Å². The Morgan fingerprint density at radius 3 is 2.93 bits per heavy atom. The van der Waals surface area contributed by atoms with Crippen LogP contribution in [0.2, 0.25) is 5.02 Å². The number of benzene rings is 1. The summed E-state index contributed by atoms with van der Waals surface area (Å²) in [6, 6.07) is 5.06. The lowest BCUT2D eigenvalue weighted by molar-refractivity contribution is -0.116. The van der Waals surface area contributed by atoms with Crippen molar-refractivity contribution in [3.63, 3.8) is 0 Å². The average molecular weight is 230 g/mol. The highest BCUT2D eigenvalue weighted by atomic mass is 35.5. The molecule has 1 aromatic rings. The molecule has 1 unspecified atom stereocenters. The van der Waals surface area contributed by atoms with Crippen LogP contribution in [0, 0.1) is 0 Å². The topological polar surface area (TPSA) is 37.4 Å². The second-order valence-corrected chi connectivity index (χ2v) is 4.86. The Labute approximate surface area is 89.1 Å². The molecule has 0 bridgehead atoms. The van der Waals surface area contributed by atoms with Crippen molar-refractivity contribution in [2.75, 3.05) is 10.8 Å². The molecule has 1 atom stereocenters. The van der Waals surface area contributed by atoms with Crippen LogP contribution in [0.1, 0.15) is 6.92 Å². The molecule has 0 spiro atoms. The minimum atomic E-state index is -1.11. The van der Waals surface area contributed by atoms with E-state index in [9.17, 15) is 9.00 Å². The highest BCUT2D eigenvalue weighted by Crippen LogP contribution is 2.33. The van der Waals surface area contributed by atoms with E-state index in [4.69, 9.17) is 11.6 Å². The second kappa shape index (κ2) is 3.37. The number of hydrogen-bond donors (Lipinski definition) is 0. The van der Waals surface area contributed by atoms with Gasteiger partial charge in [-0.15, -0.1) is 0 Å². The number of nitrogens with zero attached hydrogens (tertiary/aromatic N) is 1. The van der Waals surface area contributed by atoms with Crippen LogP contribution in [0.15, 0.2) is 23.1 Å². The van der Waals surface area contributed by atoms with Crippen LogP contribution in [0.25, 0.3) is 0 Å². The normalized spacial score (nSPS) is 19.6. The number of carbonyl (C=O) groups excluding carboxylic acids is 1. The summed E-state index contributed by atoms with van der Waals surface area (Å²) >= 11 is 5.80. The molecule has 0 saturated carbocycles. The monoisotopic (exact) mass is 229 g/mol. The van der Waals surface area contributed by atoms with Gasteiger partial charge in [0.25, 0.3) is 0 Å². The van der Waals surface area contributed by atoms with Gasteiger partial charge in [0.05, 0.1) is 21.4 Å². The van der Waals surface area contributed by atoms with E-state index in [1.54, 1.807) is 18.2 Å². The van der Waals surface area contributed by atoms with Crippen molar-refractivity contribution in [3.8, 4) is 0 Å². The minimum absolute atomic E-state index is 0.112. The van der Waals surface area contributed by atoms with Crippen molar-refractivity contribution in [1.82, 2.24) is 0 Å². The number of amides is 1. The van der Waals surface area contributed by atoms with Gasteiger partial charge in [-0.2, -0.15) is 0 Å². The van der Waals surface area contributed by atoms with Crippen molar-refractivity contribution in [1.29, 1.82) is 0 Å². The summed E-state index contributed by atoms with van der Waals surface area (Å²) in [5.74, 6) is 0.129. The van der Waals surface area contributed by atoms with Crippen LogP contribution in [0.3, 0.4) is 0 Å². The highest BCUT2D eigenvalue weighted by Gasteiger charge is 2.27. The molecule has 1 aliphatic heterocycles. The summed E-state index contributed by atoms with van der Waals surface area (Å²) in [6.45, 7) is 1.45. The smallest absolute Gasteiger partial charge is 0.224 e. The molecule has 0 radical (unpaired) electrons. The lowest BCUT2D eigenvalue weighted by atomic mass is 10.3. The summed E-state index contributed by atoms with van der Waals surface area (Å²) in [6.07, 6.45) is 0. The zero-order chi connectivity index (χ0) is 10.3. The molecule has 1 aliphatic rings. The van der Waals surface area contributed by atoms with Gasteiger partial charge in [-0.1, -0.05) is 11.6 Å². The molecule has 0 aromatic heterocycles. The van der Waals surface area contributed by atoms with Gasteiger partial charge in [0.15, 0.2) is 0 Å². The predicted molar refractivity (Wildman–Crippen MR) is 55.9 cm³/mol. The zero-order valence-electron chi connectivity index (χ0n) is 7.49. The van der Waals surface area contributed by atoms with E-state index < -0.39 is 10.8 Å². The molecule has 1 amide bonds. The van der Waals surface area contributed by atoms with Crippen LogP contribution in [-0.2, 0) is 15.6 Å². The highest BCUT2D eigenvalue weighted by molar-refractivity contribution is 7.85. The summed E-state index contributed by atoms with van der Waals surface area (Å²) in [5.41, 5.74) is 0.670. The van der Waals surface area contributed by atoms with Gasteiger partial charge in [-0.05, 0) is 18.2 Å². The van der Waals surface area contributed by atoms with Crippen LogP contribution in [-0.4, -0.2) is 16.0 Å². The molecule has 5 heteroatoms. The Bertz CT molecular complexity index is 433. The molecule has 0 fully saturated rings. The molecular weight excluding hydrogens is 222 g/mol. The van der Waals surface area contributed by atoms with E-state index in [0.29, 0.717) is 15.6 Å². The van der Waals surface area contributed by atoms with Gasteiger partial charge in [0.1, 0.15) is 5.88 Å². The maximum atomic E-state index is 11.6. The molecular formula is C9H8ClNO2S. The quantitative estimate of drug-likeness (QED) is 0.680. The van der Waals surface area contributed by atoms with Crippen molar-refractivity contribution in [3.05, 3.63) is 23.2 Å². The Kier molecular flexibility index (Phi) is 2.33. The van der Waals surface area contributed by atoms with Gasteiger partial charge in [0, 0.05) is 11.9 Å². The predicted octanol–water partition coefficient (Wildman–Crippen LogP) is 1.77. The maximum Gasteiger partial charge on any atom is 0.224 e. The fraction of sp³-hybridized carbons (Fsp3) is 0.222. The SMILES string of the molecule is CC(=O)N1CS(=O)c2ccc(Cl)cc21. The van der Waals surface area contributed by atoms with E-state index in [0.717, 1.165) is 0 Å². The van der Waals surface area contributed by atoms with Gasteiger partial charge in [-0.3, -0.25) is 13.9 Å². The van der Waals surface area contributed by atoms with Crippen molar-refractivity contribution in [2.24, 2.45) is 0 Å². The lowest BCUT2D eigenvalue weighted by Gasteiger charge is -2.12. The molecule has 2 rings (SSSR count). The number of rotatable bonds is 0. The van der Waals surface area contributed by atoms with Crippen LogP contribution >= 0.6 is 11.6 Å². The third kappa shape index (κ3) is 1.44. The molecule has 14 heavy (non-hydrogen) atoms. The largest absolute Gasteiger partial charge is 0.299 e. The summed E-state index contributed by atoms with van der Waals surface area (Å²) in [7, 11) is -1.11. The van der Waals surface area contributed by atoms with Crippen LogP contribution < -0.4 is 4.90 Å². The minimum Gasteiger partial charge on any atom is -0.299 e. The average Bonchev–Trinajstić information content (AvgIpc) is 2.43. The standard InChI is InChI=1S/C9H8ClNO2S/c1-6(12)11-5-14(13)9-3-2-7(10)4-8(9)11/h2-4H,5H2,1H3. The Balaban J connectivity index is 2.56. The fourth-order valence-corrected chi connectivity index (χ4v) is 2.89. The Morgan fingerprint density at radius 2 is 2.29 bits per heavy atom. The Morgan fingerprint density at radius 1 is 1.57 bits per heavy atom. The fourth-order valence-electron chi connectivity index (χ4n) is 1.41. The molecule has 0 N–H and O–H groups in total. The van der Waals surface area contributed by atoms with E-state index >= 15 is 0 Å². The summed E-state index contributed by atoms with van der Waals surface area (Å²) in [4.78, 5) is 13.4. The van der Waals surface area contributed by atoms with Crippen LogP contribution in [0.5, 0.6) is 0 Å². The molecule has 74 valence electrons. The van der Waals surface area contributed by atoms with Gasteiger partial charge in [-0.25, -0.2) is 0 Å². The van der Waals surface area contributed by atoms with Gasteiger partial charge >= 0.3 is 0 Å². The molecule has 0 saturated heterocycles. The summed E-state index contributed by atoms with van der Waals surface area (Å²) in [5, 5.41) is 0.550. The van der Waals surface area contributed by atoms with Crippen molar-refractivity contribution >= 4 is 34.0 Å². The molecule has 1 aromatic carbocycles. The van der Waals surface area contributed by atoms with E-state index in [1.165, 1.54) is 11.8 Å².